The van der Waals surface area contributed by atoms with Crippen LogP contribution in [0.15, 0.2) is 22.9 Å². The first-order chi connectivity index (χ1) is 8.33. The minimum Gasteiger partial charge on any atom is -0.384 e. The molecule has 1 aliphatic heterocycles. The molecule has 2 aromatic heterocycles. The summed E-state index contributed by atoms with van der Waals surface area (Å²) in [5, 5.41) is 3.93. The Morgan fingerprint density at radius 1 is 1.35 bits per heavy atom. The molecule has 17 heavy (non-hydrogen) atoms. The molecule has 0 amide bonds. The molecule has 0 bridgehead atoms. The average molecular weight is 232 g/mol. The molecule has 2 N–H and O–H groups in total. The van der Waals surface area contributed by atoms with Crippen molar-refractivity contribution in [2.24, 2.45) is 0 Å². The fourth-order valence-corrected chi connectivity index (χ4v) is 1.80. The Morgan fingerprint density at radius 3 is 3.00 bits per heavy atom. The first-order valence-electron chi connectivity index (χ1n) is 5.50. The van der Waals surface area contributed by atoms with Gasteiger partial charge in [0.1, 0.15) is 11.9 Å². The SMILES string of the molecule is Nc1ccc(-c2nc(C3CCCO3)no2)cn1. The minimum atomic E-state index is -0.0331. The van der Waals surface area contributed by atoms with Crippen LogP contribution in [0.5, 0.6) is 0 Å². The molecule has 3 heterocycles. The summed E-state index contributed by atoms with van der Waals surface area (Å²) in [6.07, 6.45) is 3.56. The molecule has 1 fully saturated rings. The molecule has 88 valence electrons. The maximum Gasteiger partial charge on any atom is 0.259 e. The van der Waals surface area contributed by atoms with Crippen molar-refractivity contribution in [1.29, 1.82) is 0 Å². The molecule has 0 saturated carbocycles. The van der Waals surface area contributed by atoms with Crippen molar-refractivity contribution in [2.45, 2.75) is 18.9 Å². The van der Waals surface area contributed by atoms with E-state index in [-0.39, 0.29) is 6.10 Å². The quantitative estimate of drug-likeness (QED) is 0.845. The zero-order valence-corrected chi connectivity index (χ0v) is 9.17. The third-order valence-corrected chi connectivity index (χ3v) is 2.69. The Kier molecular flexibility index (Phi) is 2.49. The predicted octanol–water partition coefficient (Wildman–Crippen LogP) is 1.57. The third kappa shape index (κ3) is 1.99. The number of nitrogens with two attached hydrogens (primary N) is 1. The summed E-state index contributed by atoms with van der Waals surface area (Å²) in [7, 11) is 0. The molecule has 0 radical (unpaired) electrons. The lowest BCUT2D eigenvalue weighted by Gasteiger charge is -2.00. The molecular weight excluding hydrogens is 220 g/mol. The van der Waals surface area contributed by atoms with Crippen LogP contribution in [-0.2, 0) is 4.74 Å². The highest BCUT2D eigenvalue weighted by atomic mass is 16.5. The van der Waals surface area contributed by atoms with Crippen molar-refractivity contribution in [3.05, 3.63) is 24.2 Å². The van der Waals surface area contributed by atoms with Crippen molar-refractivity contribution >= 4 is 5.82 Å². The van der Waals surface area contributed by atoms with Gasteiger partial charge in [-0.2, -0.15) is 4.98 Å². The second kappa shape index (κ2) is 4.14. The van der Waals surface area contributed by atoms with E-state index >= 15 is 0 Å². The van der Waals surface area contributed by atoms with Gasteiger partial charge >= 0.3 is 0 Å². The van der Waals surface area contributed by atoms with Gasteiger partial charge in [0.25, 0.3) is 5.89 Å². The van der Waals surface area contributed by atoms with Crippen LogP contribution in [0.1, 0.15) is 24.8 Å². The van der Waals surface area contributed by atoms with E-state index in [1.165, 1.54) is 0 Å². The summed E-state index contributed by atoms with van der Waals surface area (Å²) in [5.41, 5.74) is 6.27. The molecule has 1 aliphatic rings. The van der Waals surface area contributed by atoms with Crippen LogP contribution in [0.3, 0.4) is 0 Å². The summed E-state index contributed by atoms with van der Waals surface area (Å²) in [4.78, 5) is 8.29. The van der Waals surface area contributed by atoms with E-state index in [2.05, 4.69) is 15.1 Å². The van der Waals surface area contributed by atoms with Crippen LogP contribution in [0, 0.1) is 0 Å². The smallest absolute Gasteiger partial charge is 0.259 e. The molecule has 1 unspecified atom stereocenters. The lowest BCUT2D eigenvalue weighted by molar-refractivity contribution is 0.103. The number of hydrogen-bond acceptors (Lipinski definition) is 6. The standard InChI is InChI=1S/C11H12N4O2/c12-9-4-3-7(6-13-9)11-14-10(15-17-11)8-2-1-5-16-8/h3-4,6,8H,1-2,5H2,(H2,12,13). The van der Waals surface area contributed by atoms with E-state index in [9.17, 15) is 0 Å². The van der Waals surface area contributed by atoms with Crippen LogP contribution in [-0.4, -0.2) is 21.7 Å². The van der Waals surface area contributed by atoms with Gasteiger partial charge in [0.2, 0.25) is 5.82 Å². The Balaban J connectivity index is 1.86. The number of nitrogens with zero attached hydrogens (tertiary/aromatic N) is 3. The van der Waals surface area contributed by atoms with Gasteiger partial charge in [0.15, 0.2) is 0 Å². The number of nitrogen functional groups attached to an aromatic ring is 1. The van der Waals surface area contributed by atoms with Crippen LogP contribution in [0.4, 0.5) is 5.82 Å². The third-order valence-electron chi connectivity index (χ3n) is 2.69. The van der Waals surface area contributed by atoms with Gasteiger partial charge in [0, 0.05) is 12.8 Å². The highest BCUT2D eigenvalue weighted by molar-refractivity contribution is 5.53. The molecule has 2 aromatic rings. The van der Waals surface area contributed by atoms with Crippen molar-refractivity contribution in [3.8, 4) is 11.5 Å². The summed E-state index contributed by atoms with van der Waals surface area (Å²) < 4.78 is 10.7. The molecule has 0 aliphatic carbocycles. The van der Waals surface area contributed by atoms with E-state index in [1.807, 2.05) is 0 Å². The van der Waals surface area contributed by atoms with Crippen molar-refractivity contribution in [1.82, 2.24) is 15.1 Å². The Hall–Kier alpha value is -1.95. The summed E-state index contributed by atoms with van der Waals surface area (Å²) in [5.74, 6) is 1.52. The molecule has 6 nitrogen and oxygen atoms in total. The topological polar surface area (TPSA) is 87.1 Å². The van der Waals surface area contributed by atoms with E-state index in [0.29, 0.717) is 17.5 Å². The lowest BCUT2D eigenvalue weighted by Crippen LogP contribution is -1.97. The van der Waals surface area contributed by atoms with Gasteiger partial charge in [-0.25, -0.2) is 4.98 Å². The first kappa shape index (κ1) is 10.2. The summed E-state index contributed by atoms with van der Waals surface area (Å²) in [6, 6.07) is 3.50. The normalized spacial score (nSPS) is 19.6. The van der Waals surface area contributed by atoms with Crippen molar-refractivity contribution in [3.63, 3.8) is 0 Å². The molecule has 0 spiro atoms. The number of ether oxygens (including phenoxy) is 1. The average Bonchev–Trinajstić information content (AvgIpc) is 3.00. The zero-order valence-electron chi connectivity index (χ0n) is 9.17. The van der Waals surface area contributed by atoms with E-state index in [0.717, 1.165) is 25.0 Å². The summed E-state index contributed by atoms with van der Waals surface area (Å²) >= 11 is 0. The van der Waals surface area contributed by atoms with Crippen LogP contribution in [0.25, 0.3) is 11.5 Å². The molecule has 6 heteroatoms. The van der Waals surface area contributed by atoms with Gasteiger partial charge in [-0.3, -0.25) is 0 Å². The predicted molar refractivity (Wildman–Crippen MR) is 59.9 cm³/mol. The summed E-state index contributed by atoms with van der Waals surface area (Å²) in [6.45, 7) is 0.762. The van der Waals surface area contributed by atoms with Gasteiger partial charge in [-0.15, -0.1) is 0 Å². The second-order valence-electron chi connectivity index (χ2n) is 3.93. The molecule has 0 aromatic carbocycles. The van der Waals surface area contributed by atoms with Crippen molar-refractivity contribution < 1.29 is 9.26 Å². The molecular formula is C11H12N4O2. The fourth-order valence-electron chi connectivity index (χ4n) is 1.80. The number of rotatable bonds is 2. The Bertz CT molecular complexity index is 502. The van der Waals surface area contributed by atoms with Gasteiger partial charge in [0.05, 0.1) is 5.56 Å². The Morgan fingerprint density at radius 2 is 2.29 bits per heavy atom. The second-order valence-corrected chi connectivity index (χ2v) is 3.93. The molecule has 1 saturated heterocycles. The monoisotopic (exact) mass is 232 g/mol. The fraction of sp³-hybridized carbons (Fsp3) is 0.364. The first-order valence-corrected chi connectivity index (χ1v) is 5.50. The maximum atomic E-state index is 5.51. The lowest BCUT2D eigenvalue weighted by atomic mass is 10.2. The van der Waals surface area contributed by atoms with Crippen LogP contribution < -0.4 is 5.73 Å². The number of anilines is 1. The maximum absolute atomic E-state index is 5.51. The largest absolute Gasteiger partial charge is 0.384 e. The van der Waals surface area contributed by atoms with Gasteiger partial charge in [-0.1, -0.05) is 5.16 Å². The van der Waals surface area contributed by atoms with Gasteiger partial charge in [-0.05, 0) is 25.0 Å². The number of pyridine rings is 1. The van der Waals surface area contributed by atoms with Crippen molar-refractivity contribution in [2.75, 3.05) is 12.3 Å². The Labute approximate surface area is 97.8 Å². The number of aromatic nitrogens is 3. The highest BCUT2D eigenvalue weighted by Crippen LogP contribution is 2.28. The highest BCUT2D eigenvalue weighted by Gasteiger charge is 2.23. The van der Waals surface area contributed by atoms with E-state index in [1.54, 1.807) is 18.3 Å². The zero-order chi connectivity index (χ0) is 11.7. The van der Waals surface area contributed by atoms with Gasteiger partial charge < -0.3 is 15.0 Å². The van der Waals surface area contributed by atoms with E-state index in [4.69, 9.17) is 15.0 Å². The van der Waals surface area contributed by atoms with E-state index < -0.39 is 0 Å². The van der Waals surface area contributed by atoms with Crippen LogP contribution >= 0.6 is 0 Å². The minimum absolute atomic E-state index is 0.0331. The molecule has 3 rings (SSSR count). The molecule has 1 atom stereocenters. The number of hydrogen-bond donors (Lipinski definition) is 1. The van der Waals surface area contributed by atoms with Crippen LogP contribution in [0.2, 0.25) is 0 Å².